The van der Waals surface area contributed by atoms with E-state index in [-0.39, 0.29) is 12.8 Å². The molecule has 0 aromatic heterocycles. The lowest BCUT2D eigenvalue weighted by molar-refractivity contribution is -0.913. The quantitative estimate of drug-likeness (QED) is 0.442. The van der Waals surface area contributed by atoms with Gasteiger partial charge in [0.15, 0.2) is 11.5 Å². The molecular weight excluding hydrogens is 372 g/mol. The number of rotatable bonds is 6. The zero-order chi connectivity index (χ0) is 20.4. The number of likely N-dealkylation sites (N-methyl/N-ethyl adjacent to an activating group) is 1. The Hall–Kier alpha value is -2.93. The molecule has 2 N–H and O–H groups in total. The molecule has 7 nitrogen and oxygen atoms in total. The van der Waals surface area contributed by atoms with Crippen molar-refractivity contribution in [2.24, 2.45) is 5.16 Å². The molecule has 0 fully saturated rings. The van der Waals surface area contributed by atoms with E-state index in [0.29, 0.717) is 24.3 Å². The van der Waals surface area contributed by atoms with Gasteiger partial charge in [-0.3, -0.25) is 0 Å². The number of nitrogens with zero attached hydrogens (tertiary/aromatic N) is 1. The third-order valence-electron chi connectivity index (χ3n) is 5.85. The van der Waals surface area contributed by atoms with Crippen LogP contribution in [0, 0.1) is 0 Å². The summed E-state index contributed by atoms with van der Waals surface area (Å²) in [6, 6.07) is 9.96. The predicted molar refractivity (Wildman–Crippen MR) is 108 cm³/mol. The minimum absolute atomic E-state index is 0.0869. The van der Waals surface area contributed by atoms with Crippen LogP contribution in [0.4, 0.5) is 0 Å². The van der Waals surface area contributed by atoms with Gasteiger partial charge in [-0.05, 0) is 23.3 Å². The lowest BCUT2D eigenvalue weighted by Gasteiger charge is -2.33. The van der Waals surface area contributed by atoms with E-state index in [1.165, 1.54) is 10.5 Å². The van der Waals surface area contributed by atoms with Crippen molar-refractivity contribution in [1.29, 1.82) is 0 Å². The maximum absolute atomic E-state index is 9.76. The van der Waals surface area contributed by atoms with E-state index in [0.717, 1.165) is 41.3 Å². The molecule has 2 aromatic carbocycles. The zero-order valence-corrected chi connectivity index (χ0v) is 17.0. The first-order valence-electron chi connectivity index (χ1n) is 9.79. The number of para-hydroxylation sites is 1. The molecule has 0 radical (unpaired) electrons. The molecule has 29 heavy (non-hydrogen) atoms. The molecule has 2 heterocycles. The van der Waals surface area contributed by atoms with Crippen molar-refractivity contribution in [1.82, 2.24) is 0 Å². The fourth-order valence-electron chi connectivity index (χ4n) is 4.35. The van der Waals surface area contributed by atoms with Gasteiger partial charge in [-0.25, -0.2) is 0 Å². The highest BCUT2D eigenvalue weighted by Gasteiger charge is 2.37. The van der Waals surface area contributed by atoms with E-state index in [4.69, 9.17) is 18.9 Å². The second-order valence-corrected chi connectivity index (χ2v) is 7.47. The molecule has 1 unspecified atom stereocenters. The highest BCUT2D eigenvalue weighted by molar-refractivity contribution is 5.87. The van der Waals surface area contributed by atoms with Gasteiger partial charge in [0.05, 0.1) is 39.1 Å². The van der Waals surface area contributed by atoms with Crippen LogP contribution in [0.25, 0.3) is 0 Å². The number of ether oxygens (including phenoxy) is 4. The fraction of sp³-hybridized carbons (Fsp3) is 0.409. The summed E-state index contributed by atoms with van der Waals surface area (Å²) < 4.78 is 22.5. The summed E-state index contributed by atoms with van der Waals surface area (Å²) in [5.74, 6) is 2.93. The lowest BCUT2D eigenvalue weighted by Crippen LogP contribution is -3.10. The van der Waals surface area contributed by atoms with Crippen molar-refractivity contribution in [3.8, 4) is 23.0 Å². The maximum Gasteiger partial charge on any atom is 0.231 e. The Bertz CT molecular complexity index is 928. The standard InChI is InChI=1S/C22H26N2O5/c1-24-9-8-15-11-19-21(29-13-28-19)22(27-3)20(15)17(24)12-16(23-25)10-14-6-4-5-7-18(14)26-2/h4-7,11,17,25H,8-10,12-13H2,1-3H3/p+1/b23-16-/t17-/m0/s1. The Kier molecular flexibility index (Phi) is 5.49. The van der Waals surface area contributed by atoms with Gasteiger partial charge in [0, 0.05) is 19.3 Å². The van der Waals surface area contributed by atoms with E-state index in [1.54, 1.807) is 14.2 Å². The SMILES string of the molecule is COc1ccccc1C/C(C[C@H]1c2c(cc3c(c2OC)OCO3)CC[NH+]1C)=N/O. The number of methoxy groups -OCH3 is 2. The smallest absolute Gasteiger partial charge is 0.231 e. The van der Waals surface area contributed by atoms with E-state index in [9.17, 15) is 5.21 Å². The van der Waals surface area contributed by atoms with E-state index < -0.39 is 0 Å². The third kappa shape index (κ3) is 3.58. The fourth-order valence-corrected chi connectivity index (χ4v) is 4.35. The van der Waals surface area contributed by atoms with Crippen LogP contribution in [0.3, 0.4) is 0 Å². The second-order valence-electron chi connectivity index (χ2n) is 7.47. The normalized spacial score (nSPS) is 20.3. The number of hydrogen-bond acceptors (Lipinski definition) is 6. The molecule has 0 amide bonds. The molecule has 2 aliphatic heterocycles. The summed E-state index contributed by atoms with van der Waals surface area (Å²) in [7, 11) is 5.47. The predicted octanol–water partition coefficient (Wildman–Crippen LogP) is 2.01. The molecule has 2 aliphatic rings. The highest BCUT2D eigenvalue weighted by atomic mass is 16.7. The van der Waals surface area contributed by atoms with Crippen molar-refractivity contribution in [3.63, 3.8) is 0 Å². The molecule has 2 aromatic rings. The Morgan fingerprint density at radius 1 is 1.24 bits per heavy atom. The largest absolute Gasteiger partial charge is 0.496 e. The van der Waals surface area contributed by atoms with Crippen LogP contribution < -0.4 is 23.8 Å². The third-order valence-corrected chi connectivity index (χ3v) is 5.85. The van der Waals surface area contributed by atoms with Crippen molar-refractivity contribution in [2.45, 2.75) is 25.3 Å². The van der Waals surface area contributed by atoms with E-state index >= 15 is 0 Å². The van der Waals surface area contributed by atoms with Crippen LogP contribution >= 0.6 is 0 Å². The van der Waals surface area contributed by atoms with Crippen LogP contribution in [0.15, 0.2) is 35.5 Å². The summed E-state index contributed by atoms with van der Waals surface area (Å²) in [5, 5.41) is 13.4. The van der Waals surface area contributed by atoms with Gasteiger partial charge in [0.2, 0.25) is 12.5 Å². The number of quaternary nitrogens is 1. The van der Waals surface area contributed by atoms with Crippen LogP contribution in [0.2, 0.25) is 0 Å². The molecule has 0 bridgehead atoms. The van der Waals surface area contributed by atoms with Crippen LogP contribution in [-0.4, -0.2) is 45.5 Å². The molecular formula is C22H27N2O5+. The number of hydrogen-bond donors (Lipinski definition) is 2. The Labute approximate surface area is 170 Å². The summed E-state index contributed by atoms with van der Waals surface area (Å²) in [6.45, 7) is 1.19. The Balaban J connectivity index is 1.67. The van der Waals surface area contributed by atoms with Gasteiger partial charge in [0.1, 0.15) is 11.8 Å². The molecule has 154 valence electrons. The summed E-state index contributed by atoms with van der Waals surface area (Å²) >= 11 is 0. The highest BCUT2D eigenvalue weighted by Crippen LogP contribution is 2.47. The van der Waals surface area contributed by atoms with Gasteiger partial charge >= 0.3 is 0 Å². The van der Waals surface area contributed by atoms with Crippen molar-refractivity contribution >= 4 is 5.71 Å². The van der Waals surface area contributed by atoms with Gasteiger partial charge in [-0.15, -0.1) is 0 Å². The topological polar surface area (TPSA) is 74.0 Å². The Morgan fingerprint density at radius 3 is 2.83 bits per heavy atom. The number of nitrogens with one attached hydrogen (secondary N) is 1. The van der Waals surface area contributed by atoms with Gasteiger partial charge in [-0.2, -0.15) is 0 Å². The summed E-state index contributed by atoms with van der Waals surface area (Å²) in [6.07, 6.45) is 2.05. The van der Waals surface area contributed by atoms with Crippen molar-refractivity contribution < 1.29 is 29.1 Å². The average molecular weight is 399 g/mol. The molecule has 0 spiro atoms. The average Bonchev–Trinajstić information content (AvgIpc) is 3.22. The van der Waals surface area contributed by atoms with Gasteiger partial charge in [-0.1, -0.05) is 23.4 Å². The van der Waals surface area contributed by atoms with Crippen molar-refractivity contribution in [3.05, 3.63) is 47.0 Å². The first-order chi connectivity index (χ1) is 14.2. The first kappa shape index (κ1) is 19.4. The van der Waals surface area contributed by atoms with Crippen LogP contribution in [-0.2, 0) is 12.8 Å². The summed E-state index contributed by atoms with van der Waals surface area (Å²) in [5.41, 5.74) is 4.01. The zero-order valence-electron chi connectivity index (χ0n) is 17.0. The molecule has 7 heteroatoms. The van der Waals surface area contributed by atoms with E-state index in [1.807, 2.05) is 24.3 Å². The molecule has 0 saturated carbocycles. The molecule has 4 rings (SSSR count). The monoisotopic (exact) mass is 399 g/mol. The van der Waals surface area contributed by atoms with E-state index in [2.05, 4.69) is 18.3 Å². The number of fused-ring (bicyclic) bond motifs is 2. The molecule has 0 aliphatic carbocycles. The number of oxime groups is 1. The van der Waals surface area contributed by atoms with Gasteiger partial charge < -0.3 is 29.1 Å². The maximum atomic E-state index is 9.76. The van der Waals surface area contributed by atoms with Crippen molar-refractivity contribution in [2.75, 3.05) is 34.6 Å². The van der Waals surface area contributed by atoms with Crippen LogP contribution in [0.1, 0.15) is 29.2 Å². The molecule has 2 atom stereocenters. The molecule has 0 saturated heterocycles. The summed E-state index contributed by atoms with van der Waals surface area (Å²) in [4.78, 5) is 1.34. The number of benzene rings is 2. The minimum atomic E-state index is 0.0869. The Morgan fingerprint density at radius 2 is 2.07 bits per heavy atom. The first-order valence-corrected chi connectivity index (χ1v) is 9.79. The van der Waals surface area contributed by atoms with Crippen LogP contribution in [0.5, 0.6) is 23.0 Å². The second kappa shape index (κ2) is 8.21. The van der Waals surface area contributed by atoms with Gasteiger partial charge in [0.25, 0.3) is 0 Å². The minimum Gasteiger partial charge on any atom is -0.496 e. The lowest BCUT2D eigenvalue weighted by atomic mass is 9.87.